The van der Waals surface area contributed by atoms with Crippen LogP contribution in [0.3, 0.4) is 0 Å². The van der Waals surface area contributed by atoms with Crippen LogP contribution in [0.1, 0.15) is 32.8 Å². The zero-order valence-corrected chi connectivity index (χ0v) is 18.5. The molecule has 1 unspecified atom stereocenters. The number of hydrogen-bond donors (Lipinski definition) is 2. The summed E-state index contributed by atoms with van der Waals surface area (Å²) >= 11 is 0. The molecule has 1 aliphatic heterocycles. The Labute approximate surface area is 175 Å². The number of hydrogen-bond acceptors (Lipinski definition) is 5. The number of benzene rings is 1. The van der Waals surface area contributed by atoms with Crippen LogP contribution in [0.5, 0.6) is 11.5 Å². The highest BCUT2D eigenvalue weighted by molar-refractivity contribution is 5.80. The maximum atomic E-state index is 8.94. The van der Waals surface area contributed by atoms with Crippen LogP contribution < -0.4 is 14.8 Å². The van der Waals surface area contributed by atoms with Gasteiger partial charge in [-0.1, -0.05) is 19.9 Å². The maximum Gasteiger partial charge on any atom is 0.194 e. The Hall–Kier alpha value is -1.99. The molecular weight excluding hydrogens is 368 g/mol. The second-order valence-electron chi connectivity index (χ2n) is 7.31. The second-order valence-corrected chi connectivity index (χ2v) is 7.31. The van der Waals surface area contributed by atoms with Gasteiger partial charge in [-0.2, -0.15) is 0 Å². The van der Waals surface area contributed by atoms with Crippen LogP contribution in [0.4, 0.5) is 0 Å². The number of guanidine groups is 1. The zero-order valence-electron chi connectivity index (χ0n) is 18.5. The van der Waals surface area contributed by atoms with Gasteiger partial charge in [0, 0.05) is 26.2 Å². The normalized spacial score (nSPS) is 17.1. The van der Waals surface area contributed by atoms with Gasteiger partial charge in [0.05, 0.1) is 20.3 Å². The van der Waals surface area contributed by atoms with Gasteiger partial charge < -0.3 is 29.7 Å². The Bertz CT molecular complexity index is 634. The molecule has 1 aliphatic rings. The average Bonchev–Trinajstić information content (AvgIpc) is 3.22. The number of aliphatic hydroxyl groups excluding tert-OH is 1. The Kier molecular flexibility index (Phi) is 10.1. The van der Waals surface area contributed by atoms with Gasteiger partial charge in [-0.3, -0.25) is 0 Å². The molecule has 1 fully saturated rings. The highest BCUT2D eigenvalue weighted by atomic mass is 16.5. The first-order valence-electron chi connectivity index (χ1n) is 10.8. The second kappa shape index (κ2) is 12.5. The number of likely N-dealkylation sites (tertiary alicyclic amines) is 1. The predicted octanol–water partition coefficient (Wildman–Crippen LogP) is 2.20. The zero-order chi connectivity index (χ0) is 21.1. The van der Waals surface area contributed by atoms with Crippen LogP contribution in [0.2, 0.25) is 0 Å². The molecule has 7 nitrogen and oxygen atoms in total. The van der Waals surface area contributed by atoms with Gasteiger partial charge in [0.2, 0.25) is 0 Å². The molecule has 0 saturated carbocycles. The quantitative estimate of drug-likeness (QED) is 0.434. The number of aliphatic hydroxyl groups is 1. The topological polar surface area (TPSA) is 69.6 Å². The van der Waals surface area contributed by atoms with E-state index in [4.69, 9.17) is 19.6 Å². The van der Waals surface area contributed by atoms with Gasteiger partial charge in [0.15, 0.2) is 17.5 Å². The lowest BCUT2D eigenvalue weighted by Crippen LogP contribution is -2.40. The van der Waals surface area contributed by atoms with Crippen LogP contribution in [0, 0.1) is 5.92 Å². The van der Waals surface area contributed by atoms with E-state index in [9.17, 15) is 0 Å². The minimum atomic E-state index is -0.0215. The Morgan fingerprint density at radius 2 is 2.07 bits per heavy atom. The molecule has 0 amide bonds. The van der Waals surface area contributed by atoms with Crippen molar-refractivity contribution in [1.29, 1.82) is 0 Å². The first-order chi connectivity index (χ1) is 14.1. The van der Waals surface area contributed by atoms with Crippen LogP contribution >= 0.6 is 0 Å². The van der Waals surface area contributed by atoms with Gasteiger partial charge in [-0.25, -0.2) is 4.99 Å². The first kappa shape index (κ1) is 23.3. The van der Waals surface area contributed by atoms with E-state index in [-0.39, 0.29) is 13.2 Å². The summed E-state index contributed by atoms with van der Waals surface area (Å²) in [5, 5.41) is 12.4. The van der Waals surface area contributed by atoms with Gasteiger partial charge in [0.25, 0.3) is 0 Å². The standard InChI is InChI=1S/C22H38N4O3/c1-5-23-22(26-11-10-19(17-26)16-25(6-2)7-3)24-15-18-8-9-20(29-13-12-27)21(14-18)28-4/h8-9,14,19,27H,5-7,10-13,15-17H2,1-4H3,(H,23,24). The number of nitrogens with zero attached hydrogens (tertiary/aromatic N) is 3. The summed E-state index contributed by atoms with van der Waals surface area (Å²) in [4.78, 5) is 9.76. The minimum Gasteiger partial charge on any atom is -0.493 e. The lowest BCUT2D eigenvalue weighted by molar-refractivity contribution is 0.196. The van der Waals surface area contributed by atoms with Crippen LogP contribution in [-0.2, 0) is 6.54 Å². The molecule has 0 spiro atoms. The number of ether oxygens (including phenoxy) is 2. The summed E-state index contributed by atoms with van der Waals surface area (Å²) in [5.41, 5.74) is 1.06. The summed E-state index contributed by atoms with van der Waals surface area (Å²) in [6, 6.07) is 5.82. The van der Waals surface area contributed by atoms with Crippen molar-refractivity contribution >= 4 is 5.96 Å². The molecule has 1 aromatic carbocycles. The highest BCUT2D eigenvalue weighted by Crippen LogP contribution is 2.28. The summed E-state index contributed by atoms with van der Waals surface area (Å²) in [6.07, 6.45) is 1.21. The molecule has 1 heterocycles. The van der Waals surface area contributed by atoms with Gasteiger partial charge in [-0.15, -0.1) is 0 Å². The molecule has 2 rings (SSSR count). The van der Waals surface area contributed by atoms with E-state index in [2.05, 4.69) is 35.9 Å². The molecule has 1 atom stereocenters. The molecule has 0 bridgehead atoms. The Balaban J connectivity index is 2.02. The average molecular weight is 407 g/mol. The Morgan fingerprint density at radius 1 is 1.28 bits per heavy atom. The van der Waals surface area contributed by atoms with Crippen molar-refractivity contribution in [2.45, 2.75) is 33.7 Å². The minimum absolute atomic E-state index is 0.0215. The van der Waals surface area contributed by atoms with E-state index in [0.717, 1.165) is 50.8 Å². The van der Waals surface area contributed by atoms with Crippen molar-refractivity contribution in [1.82, 2.24) is 15.1 Å². The van der Waals surface area contributed by atoms with Gasteiger partial charge in [0.1, 0.15) is 6.61 Å². The molecule has 1 saturated heterocycles. The Morgan fingerprint density at radius 3 is 2.72 bits per heavy atom. The highest BCUT2D eigenvalue weighted by Gasteiger charge is 2.25. The number of rotatable bonds is 11. The van der Waals surface area contributed by atoms with E-state index < -0.39 is 0 Å². The monoisotopic (exact) mass is 406 g/mol. The van der Waals surface area contributed by atoms with Crippen LogP contribution in [0.15, 0.2) is 23.2 Å². The molecule has 2 N–H and O–H groups in total. The molecule has 1 aromatic rings. The third-order valence-corrected chi connectivity index (χ3v) is 5.32. The molecule has 0 radical (unpaired) electrons. The molecular formula is C22H38N4O3. The number of aliphatic imine (C=N–C) groups is 1. The molecule has 7 heteroatoms. The lowest BCUT2D eigenvalue weighted by atomic mass is 10.1. The van der Waals surface area contributed by atoms with Crippen molar-refractivity contribution in [3.8, 4) is 11.5 Å². The number of nitrogens with one attached hydrogen (secondary N) is 1. The van der Waals surface area contributed by atoms with Gasteiger partial charge >= 0.3 is 0 Å². The SMILES string of the molecule is CCNC(=NCc1ccc(OCCO)c(OC)c1)N1CCC(CN(CC)CC)C1. The summed E-state index contributed by atoms with van der Waals surface area (Å²) in [7, 11) is 1.62. The van der Waals surface area contributed by atoms with E-state index in [1.54, 1.807) is 7.11 Å². The van der Waals surface area contributed by atoms with E-state index in [0.29, 0.717) is 24.0 Å². The van der Waals surface area contributed by atoms with E-state index in [1.165, 1.54) is 6.42 Å². The van der Waals surface area contributed by atoms with Gasteiger partial charge in [-0.05, 0) is 50.0 Å². The largest absolute Gasteiger partial charge is 0.493 e. The fourth-order valence-corrected chi connectivity index (χ4v) is 3.70. The van der Waals surface area contributed by atoms with Crippen LogP contribution in [-0.4, -0.2) is 80.5 Å². The summed E-state index contributed by atoms with van der Waals surface area (Å²) < 4.78 is 10.9. The smallest absolute Gasteiger partial charge is 0.194 e. The van der Waals surface area contributed by atoms with Crippen molar-refractivity contribution in [3.05, 3.63) is 23.8 Å². The third-order valence-electron chi connectivity index (χ3n) is 5.32. The predicted molar refractivity (Wildman–Crippen MR) is 118 cm³/mol. The number of methoxy groups -OCH3 is 1. The van der Waals surface area contributed by atoms with Crippen molar-refractivity contribution in [3.63, 3.8) is 0 Å². The molecule has 0 aliphatic carbocycles. The van der Waals surface area contributed by atoms with E-state index >= 15 is 0 Å². The maximum absolute atomic E-state index is 8.94. The third kappa shape index (κ3) is 7.08. The fourth-order valence-electron chi connectivity index (χ4n) is 3.70. The van der Waals surface area contributed by atoms with Crippen LogP contribution in [0.25, 0.3) is 0 Å². The first-order valence-corrected chi connectivity index (χ1v) is 10.8. The lowest BCUT2D eigenvalue weighted by Gasteiger charge is -2.24. The summed E-state index contributed by atoms with van der Waals surface area (Å²) in [5.74, 6) is 2.98. The molecule has 164 valence electrons. The fraction of sp³-hybridized carbons (Fsp3) is 0.682. The summed E-state index contributed by atoms with van der Waals surface area (Å²) in [6.45, 7) is 13.7. The van der Waals surface area contributed by atoms with Crippen molar-refractivity contribution < 1.29 is 14.6 Å². The van der Waals surface area contributed by atoms with Crippen molar-refractivity contribution in [2.24, 2.45) is 10.9 Å². The van der Waals surface area contributed by atoms with Crippen molar-refractivity contribution in [2.75, 3.05) is 59.6 Å². The molecule has 0 aromatic heterocycles. The molecule has 29 heavy (non-hydrogen) atoms. The van der Waals surface area contributed by atoms with E-state index in [1.807, 2.05) is 18.2 Å².